The third-order valence-corrected chi connectivity index (χ3v) is 4.69. The maximum Gasteiger partial charge on any atom is 0.129 e. The van der Waals surface area contributed by atoms with E-state index in [0.717, 1.165) is 43.1 Å². The van der Waals surface area contributed by atoms with Crippen molar-refractivity contribution in [3.05, 3.63) is 51.8 Å². The molecule has 0 aliphatic carbocycles. The molecular formula is C16H17ClFN3. The van der Waals surface area contributed by atoms with Crippen molar-refractivity contribution >= 4 is 11.6 Å². The molecule has 0 saturated carbocycles. The first kappa shape index (κ1) is 13.3. The molecule has 0 spiro atoms. The van der Waals surface area contributed by atoms with Crippen LogP contribution in [-0.2, 0) is 19.4 Å². The van der Waals surface area contributed by atoms with Crippen LogP contribution < -0.4 is 5.32 Å². The van der Waals surface area contributed by atoms with Crippen molar-refractivity contribution < 1.29 is 4.39 Å². The van der Waals surface area contributed by atoms with E-state index in [2.05, 4.69) is 9.88 Å². The van der Waals surface area contributed by atoms with E-state index in [0.29, 0.717) is 10.6 Å². The summed E-state index contributed by atoms with van der Waals surface area (Å²) in [5.74, 6) is 0.911. The molecule has 0 amide bonds. The van der Waals surface area contributed by atoms with E-state index >= 15 is 0 Å². The van der Waals surface area contributed by atoms with Gasteiger partial charge in [0.05, 0.1) is 17.4 Å². The van der Waals surface area contributed by atoms with Gasteiger partial charge >= 0.3 is 0 Å². The van der Waals surface area contributed by atoms with E-state index in [1.54, 1.807) is 12.1 Å². The molecule has 4 rings (SSSR count). The Morgan fingerprint density at radius 3 is 3.05 bits per heavy atom. The first-order chi connectivity index (χ1) is 10.2. The van der Waals surface area contributed by atoms with Gasteiger partial charge in [0.15, 0.2) is 0 Å². The SMILES string of the molecule is Fc1cc(Cl)ccc1C1NCCc2nc3n(c21)CCCC3. The second-order valence-electron chi connectivity index (χ2n) is 5.77. The molecule has 0 saturated heterocycles. The molecule has 1 N–H and O–H groups in total. The molecule has 0 fully saturated rings. The summed E-state index contributed by atoms with van der Waals surface area (Å²) in [6.45, 7) is 1.82. The van der Waals surface area contributed by atoms with Gasteiger partial charge in [0.2, 0.25) is 0 Å². The Morgan fingerprint density at radius 2 is 2.19 bits per heavy atom. The average molecular weight is 306 g/mol. The number of nitrogens with zero attached hydrogens (tertiary/aromatic N) is 2. The van der Waals surface area contributed by atoms with Crippen molar-refractivity contribution in [3.63, 3.8) is 0 Å². The van der Waals surface area contributed by atoms with Gasteiger partial charge in [-0.15, -0.1) is 0 Å². The molecule has 2 aromatic rings. The van der Waals surface area contributed by atoms with E-state index in [9.17, 15) is 4.39 Å². The molecule has 0 bridgehead atoms. The van der Waals surface area contributed by atoms with Crippen LogP contribution in [0.15, 0.2) is 18.2 Å². The lowest BCUT2D eigenvalue weighted by Crippen LogP contribution is -2.33. The minimum absolute atomic E-state index is 0.120. The van der Waals surface area contributed by atoms with Crippen molar-refractivity contribution in [2.45, 2.75) is 38.3 Å². The predicted octanol–water partition coefficient (Wildman–Crippen LogP) is 3.25. The minimum atomic E-state index is -0.251. The Morgan fingerprint density at radius 1 is 1.29 bits per heavy atom. The van der Waals surface area contributed by atoms with Gasteiger partial charge in [0.1, 0.15) is 11.6 Å². The zero-order valence-electron chi connectivity index (χ0n) is 11.7. The van der Waals surface area contributed by atoms with Gasteiger partial charge in [0, 0.05) is 36.5 Å². The van der Waals surface area contributed by atoms with E-state index < -0.39 is 0 Å². The first-order valence-electron chi connectivity index (χ1n) is 7.50. The summed E-state index contributed by atoms with van der Waals surface area (Å²) in [6, 6.07) is 4.81. The topological polar surface area (TPSA) is 29.9 Å². The molecule has 1 unspecified atom stereocenters. The highest BCUT2D eigenvalue weighted by Crippen LogP contribution is 2.33. The number of rotatable bonds is 1. The highest BCUT2D eigenvalue weighted by Gasteiger charge is 2.31. The Labute approximate surface area is 128 Å². The summed E-state index contributed by atoms with van der Waals surface area (Å²) in [6.07, 6.45) is 4.32. The number of aryl methyl sites for hydroxylation is 1. The standard InChI is InChI=1S/C16H17ClFN3/c17-10-4-5-11(12(18)9-10)15-16-13(6-7-19-15)20-14-3-1-2-8-21(14)16/h4-5,9,15,19H,1-3,6-8H2. The summed E-state index contributed by atoms with van der Waals surface area (Å²) in [7, 11) is 0. The predicted molar refractivity (Wildman–Crippen MR) is 80.1 cm³/mol. The Hall–Kier alpha value is -1.39. The van der Waals surface area contributed by atoms with Crippen LogP contribution in [0.2, 0.25) is 5.02 Å². The zero-order valence-corrected chi connectivity index (χ0v) is 12.5. The van der Waals surface area contributed by atoms with Crippen LogP contribution in [0.1, 0.15) is 41.7 Å². The third-order valence-electron chi connectivity index (χ3n) is 4.45. The molecule has 3 nitrogen and oxygen atoms in total. The first-order valence-corrected chi connectivity index (χ1v) is 7.88. The lowest BCUT2D eigenvalue weighted by atomic mass is 9.97. The van der Waals surface area contributed by atoms with E-state index in [1.807, 2.05) is 0 Å². The summed E-state index contributed by atoms with van der Waals surface area (Å²) in [5, 5.41) is 3.88. The molecule has 0 radical (unpaired) electrons. The van der Waals surface area contributed by atoms with Gasteiger partial charge in [-0.05, 0) is 25.0 Å². The molecule has 3 heterocycles. The van der Waals surface area contributed by atoms with E-state index in [-0.39, 0.29) is 11.9 Å². The molecule has 2 aliphatic rings. The van der Waals surface area contributed by atoms with Crippen molar-refractivity contribution in [1.82, 2.24) is 14.9 Å². The molecule has 1 aromatic carbocycles. The van der Waals surface area contributed by atoms with E-state index in [1.165, 1.54) is 18.9 Å². The van der Waals surface area contributed by atoms with Crippen LogP contribution in [0.25, 0.3) is 0 Å². The number of hydrogen-bond acceptors (Lipinski definition) is 2. The van der Waals surface area contributed by atoms with Crippen LogP contribution in [0.4, 0.5) is 4.39 Å². The van der Waals surface area contributed by atoms with Crippen LogP contribution in [-0.4, -0.2) is 16.1 Å². The highest BCUT2D eigenvalue weighted by atomic mass is 35.5. The number of aromatic nitrogens is 2. The number of nitrogens with one attached hydrogen (secondary N) is 1. The van der Waals surface area contributed by atoms with Crippen molar-refractivity contribution in [1.29, 1.82) is 0 Å². The number of fused-ring (bicyclic) bond motifs is 3. The zero-order chi connectivity index (χ0) is 14.4. The fraction of sp³-hybridized carbons (Fsp3) is 0.438. The van der Waals surface area contributed by atoms with Crippen molar-refractivity contribution in [3.8, 4) is 0 Å². The molecule has 2 aliphatic heterocycles. The minimum Gasteiger partial charge on any atom is -0.330 e. The quantitative estimate of drug-likeness (QED) is 0.876. The molecular weight excluding hydrogens is 289 g/mol. The summed E-state index contributed by atoms with van der Waals surface area (Å²) in [5.41, 5.74) is 2.94. The summed E-state index contributed by atoms with van der Waals surface area (Å²) >= 11 is 5.87. The average Bonchev–Trinajstić information content (AvgIpc) is 2.86. The normalized spacial score (nSPS) is 21.0. The van der Waals surface area contributed by atoms with Crippen LogP contribution in [0.5, 0.6) is 0 Å². The maximum absolute atomic E-state index is 14.3. The highest BCUT2D eigenvalue weighted by molar-refractivity contribution is 6.30. The molecule has 110 valence electrons. The third kappa shape index (κ3) is 2.17. The van der Waals surface area contributed by atoms with Gasteiger partial charge in [-0.25, -0.2) is 9.37 Å². The Bertz CT molecular complexity index is 695. The van der Waals surface area contributed by atoms with Crippen LogP contribution >= 0.6 is 11.6 Å². The van der Waals surface area contributed by atoms with Crippen molar-refractivity contribution in [2.75, 3.05) is 6.54 Å². The number of hydrogen-bond donors (Lipinski definition) is 1. The smallest absolute Gasteiger partial charge is 0.129 e. The number of imidazole rings is 1. The lowest BCUT2D eigenvalue weighted by molar-refractivity contribution is 0.462. The molecule has 21 heavy (non-hydrogen) atoms. The second-order valence-corrected chi connectivity index (χ2v) is 6.21. The fourth-order valence-electron chi connectivity index (χ4n) is 3.49. The van der Waals surface area contributed by atoms with E-state index in [4.69, 9.17) is 16.6 Å². The Kier molecular flexibility index (Phi) is 3.23. The molecule has 1 atom stereocenters. The second kappa shape index (κ2) is 5.11. The summed E-state index contributed by atoms with van der Waals surface area (Å²) in [4.78, 5) is 4.79. The maximum atomic E-state index is 14.3. The van der Waals surface area contributed by atoms with Gasteiger partial charge in [-0.1, -0.05) is 17.7 Å². The lowest BCUT2D eigenvalue weighted by Gasteiger charge is -2.27. The monoisotopic (exact) mass is 305 g/mol. The van der Waals surface area contributed by atoms with Crippen LogP contribution in [0.3, 0.4) is 0 Å². The van der Waals surface area contributed by atoms with Crippen LogP contribution in [0, 0.1) is 5.82 Å². The largest absolute Gasteiger partial charge is 0.330 e. The van der Waals surface area contributed by atoms with Gasteiger partial charge in [-0.2, -0.15) is 0 Å². The molecule has 1 aromatic heterocycles. The Balaban J connectivity index is 1.84. The number of halogens is 2. The van der Waals surface area contributed by atoms with Gasteiger partial charge in [0.25, 0.3) is 0 Å². The molecule has 5 heteroatoms. The van der Waals surface area contributed by atoms with Gasteiger partial charge in [-0.3, -0.25) is 0 Å². The van der Waals surface area contributed by atoms with Crippen molar-refractivity contribution in [2.24, 2.45) is 0 Å². The fourth-order valence-corrected chi connectivity index (χ4v) is 3.65. The summed E-state index contributed by atoms with van der Waals surface area (Å²) < 4.78 is 16.6. The van der Waals surface area contributed by atoms with Gasteiger partial charge < -0.3 is 9.88 Å². The number of benzene rings is 1.